The molecule has 1 aliphatic heterocycles. The minimum Gasteiger partial charge on any atom is -0.497 e. The summed E-state index contributed by atoms with van der Waals surface area (Å²) in [4.78, 5) is 61.5. The van der Waals surface area contributed by atoms with Crippen molar-refractivity contribution in [1.29, 1.82) is 0 Å². The van der Waals surface area contributed by atoms with Gasteiger partial charge in [-0.1, -0.05) is 43.9 Å². The van der Waals surface area contributed by atoms with E-state index in [1.807, 2.05) is 19.2 Å². The van der Waals surface area contributed by atoms with E-state index in [1.165, 1.54) is 29.5 Å². The number of methoxy groups -OCH3 is 1. The normalized spacial score (nSPS) is 19.5. The number of rotatable bonds is 22. The Morgan fingerprint density at radius 2 is 1.76 bits per heavy atom. The topological polar surface area (TPSA) is 238 Å². The third-order valence-corrected chi connectivity index (χ3v) is 13.0. The van der Waals surface area contributed by atoms with Crippen LogP contribution >= 0.6 is 11.3 Å². The zero-order chi connectivity index (χ0) is 44.6. The molecule has 2 aliphatic rings. The van der Waals surface area contributed by atoms with Crippen molar-refractivity contribution in [1.82, 2.24) is 24.9 Å². The summed E-state index contributed by atoms with van der Waals surface area (Å²) >= 11 is 1.43. The molecule has 0 radical (unpaired) electrons. The molecule has 0 spiro atoms. The van der Waals surface area contributed by atoms with Crippen molar-refractivity contribution in [2.45, 2.75) is 100 Å². The molecule has 332 valence electrons. The molecule has 2 aromatic carbocycles. The molecule has 4 atom stereocenters. The fraction of sp³-hybridized carbons (Fsp3) is 0.442. The third kappa shape index (κ3) is 10.9. The molecule has 0 unspecified atom stereocenters. The maximum Gasteiger partial charge on any atom is 0.408 e. The average molecular weight is 892 g/mol. The largest absolute Gasteiger partial charge is 0.497 e. The van der Waals surface area contributed by atoms with Gasteiger partial charge in [0.1, 0.15) is 39.8 Å². The Balaban J connectivity index is 1.13. The molecule has 3 amide bonds. The molecule has 1 aliphatic carbocycles. The van der Waals surface area contributed by atoms with Crippen LogP contribution in [0, 0.1) is 5.92 Å². The van der Waals surface area contributed by atoms with Crippen LogP contribution in [0.5, 0.6) is 11.5 Å². The van der Waals surface area contributed by atoms with Crippen molar-refractivity contribution in [3.05, 3.63) is 66.6 Å². The predicted molar refractivity (Wildman–Crippen MR) is 235 cm³/mol. The summed E-state index contributed by atoms with van der Waals surface area (Å²) in [5.74, 6) is -2.21. The number of carbonyl (C=O) groups excluding carboxylic acids is 2. The van der Waals surface area contributed by atoms with Gasteiger partial charge in [-0.3, -0.25) is 19.3 Å². The third-order valence-electron chi connectivity index (χ3n) is 10.8. The number of sulfonamides is 1. The van der Waals surface area contributed by atoms with Crippen molar-refractivity contribution in [3.8, 4) is 22.9 Å². The second-order valence-electron chi connectivity index (χ2n) is 15.8. The summed E-state index contributed by atoms with van der Waals surface area (Å²) < 4.78 is 41.5. The van der Waals surface area contributed by atoms with Crippen LogP contribution in [-0.4, -0.2) is 101 Å². The number of hydrogen-bond donors (Lipinski definition) is 6. The summed E-state index contributed by atoms with van der Waals surface area (Å²) in [6.45, 7) is 8.09. The molecular weight excluding hydrogens is 839 g/mol. The number of benzene rings is 2. The van der Waals surface area contributed by atoms with Crippen LogP contribution in [0.3, 0.4) is 0 Å². The number of amides is 3. The smallest absolute Gasteiger partial charge is 0.408 e. The predicted octanol–water partition coefficient (Wildman–Crippen LogP) is 6.48. The van der Waals surface area contributed by atoms with Gasteiger partial charge in [-0.25, -0.2) is 27.9 Å². The van der Waals surface area contributed by atoms with E-state index < -0.39 is 57.5 Å². The number of nitrogens with zero attached hydrogens (tertiary/aromatic N) is 3. The second kappa shape index (κ2) is 19.8. The Bertz CT molecular complexity index is 2410. The summed E-state index contributed by atoms with van der Waals surface area (Å²) in [6.07, 6.45) is 4.34. The summed E-state index contributed by atoms with van der Waals surface area (Å²) in [5.41, 5.74) is 0.276. The maximum atomic E-state index is 14.0. The number of pyridine rings is 1. The van der Waals surface area contributed by atoms with Crippen LogP contribution in [-0.2, 0) is 24.4 Å². The molecule has 2 fully saturated rings. The molecular formula is C43H53N7O10S2. The van der Waals surface area contributed by atoms with E-state index in [4.69, 9.17) is 19.6 Å². The van der Waals surface area contributed by atoms with E-state index >= 15 is 0 Å². The van der Waals surface area contributed by atoms with Gasteiger partial charge in [0, 0.05) is 54.2 Å². The number of aromatic nitrogens is 2. The van der Waals surface area contributed by atoms with Crippen LogP contribution in [0.1, 0.15) is 71.6 Å². The van der Waals surface area contributed by atoms with Gasteiger partial charge in [0.2, 0.25) is 5.91 Å². The summed E-state index contributed by atoms with van der Waals surface area (Å²) in [5, 5.41) is 31.4. The lowest BCUT2D eigenvalue weighted by Gasteiger charge is -2.24. The lowest BCUT2D eigenvalue weighted by molar-refractivity contribution is -0.137. The SMILES string of the molecule is C=C[C@@H]1C[C@]1(NC(=O)[C@@H]1C[C@@H](Oc2cc(-c3csc(NC(C)C)n3)nc3cc(OC)ccc23)CN1C(=O)O)C(=O)NS(=O)(=O)c1ccccc1NCCCCCCCCC(=O)O. The second-order valence-corrected chi connectivity index (χ2v) is 18.3. The minimum atomic E-state index is -4.44. The number of thiazole rings is 1. The van der Waals surface area contributed by atoms with Gasteiger partial charge in [0.25, 0.3) is 15.9 Å². The van der Waals surface area contributed by atoms with E-state index in [2.05, 4.69) is 32.2 Å². The number of unbranched alkanes of at least 4 members (excludes halogenated alkanes) is 5. The van der Waals surface area contributed by atoms with Crippen LogP contribution < -0.4 is 30.1 Å². The lowest BCUT2D eigenvalue weighted by atomic mass is 10.1. The Morgan fingerprint density at radius 1 is 1.02 bits per heavy atom. The molecule has 3 heterocycles. The van der Waals surface area contributed by atoms with Crippen molar-refractivity contribution < 1.29 is 47.3 Å². The van der Waals surface area contributed by atoms with E-state index in [1.54, 1.807) is 43.5 Å². The van der Waals surface area contributed by atoms with Gasteiger partial charge in [-0.2, -0.15) is 0 Å². The molecule has 6 rings (SSSR count). The monoisotopic (exact) mass is 891 g/mol. The van der Waals surface area contributed by atoms with Gasteiger partial charge in [-0.05, 0) is 57.4 Å². The van der Waals surface area contributed by atoms with Crippen LogP contribution in [0.2, 0.25) is 0 Å². The minimum absolute atomic E-state index is 0.0553. The van der Waals surface area contributed by atoms with Crippen LogP contribution in [0.4, 0.5) is 15.6 Å². The number of carboxylic acids is 1. The number of para-hydroxylation sites is 1. The number of carbonyl (C=O) groups is 4. The molecule has 0 bridgehead atoms. The van der Waals surface area contributed by atoms with E-state index in [0.29, 0.717) is 57.6 Å². The summed E-state index contributed by atoms with van der Waals surface area (Å²) in [7, 11) is -2.90. The quantitative estimate of drug-likeness (QED) is 0.0366. The van der Waals surface area contributed by atoms with Crippen molar-refractivity contribution in [3.63, 3.8) is 0 Å². The lowest BCUT2D eigenvalue weighted by Crippen LogP contribution is -2.56. The van der Waals surface area contributed by atoms with Gasteiger partial charge < -0.3 is 35.6 Å². The number of fused-ring (bicyclic) bond motifs is 1. The fourth-order valence-corrected chi connectivity index (χ4v) is 9.62. The van der Waals surface area contributed by atoms with Gasteiger partial charge >= 0.3 is 12.1 Å². The standard InChI is InChI=1S/C43H53N7O10S2/c1-5-27-23-43(27,40(54)49-62(57,58)37-15-12-11-14-31(37)44-19-13-9-7-6-8-10-16-38(51)52)48-39(53)35-21-29(24-50(35)42(55)56)60-36-22-33(34-25-61-41(47-34)45-26(2)3)46-32-20-28(59-4)17-18-30(32)36/h5,11-12,14-15,17-18,20,22,25-27,29,35,44H,1,6-10,13,16,19,21,23-24H2,2-4H3,(H,45,47)(H,48,53)(H,49,54)(H,51,52)(H,55,56)/t27-,29-,35+,43-/m1/s1. The highest BCUT2D eigenvalue weighted by Gasteiger charge is 2.61. The Kier molecular flexibility index (Phi) is 14.6. The molecule has 17 nitrogen and oxygen atoms in total. The number of nitrogens with one attached hydrogen (secondary N) is 4. The number of ether oxygens (including phenoxy) is 2. The first-order chi connectivity index (χ1) is 29.6. The van der Waals surface area contributed by atoms with Crippen molar-refractivity contribution >= 4 is 67.0 Å². The van der Waals surface area contributed by atoms with Crippen LogP contribution in [0.25, 0.3) is 22.3 Å². The van der Waals surface area contributed by atoms with E-state index in [-0.39, 0.29) is 36.7 Å². The Labute approximate surface area is 364 Å². The first kappa shape index (κ1) is 45.6. The first-order valence-electron chi connectivity index (χ1n) is 20.6. The number of carboxylic acid groups (broad SMARTS) is 2. The number of hydrogen-bond acceptors (Lipinski definition) is 13. The molecule has 19 heteroatoms. The Hall–Kier alpha value is -5.95. The number of anilines is 2. The fourth-order valence-electron chi connectivity index (χ4n) is 7.54. The number of aliphatic carboxylic acids is 1. The van der Waals surface area contributed by atoms with Crippen LogP contribution in [0.15, 0.2) is 71.5 Å². The van der Waals surface area contributed by atoms with Gasteiger partial charge in [-0.15, -0.1) is 17.9 Å². The highest BCUT2D eigenvalue weighted by molar-refractivity contribution is 7.90. The zero-order valence-electron chi connectivity index (χ0n) is 34.9. The first-order valence-corrected chi connectivity index (χ1v) is 22.9. The van der Waals surface area contributed by atoms with E-state index in [9.17, 15) is 32.7 Å². The number of likely N-dealkylation sites (tertiary alicyclic amines) is 1. The molecule has 6 N–H and O–H groups in total. The van der Waals surface area contributed by atoms with Gasteiger partial charge in [0.05, 0.1) is 30.6 Å². The molecule has 2 aromatic heterocycles. The summed E-state index contributed by atoms with van der Waals surface area (Å²) in [6, 6.07) is 12.1. The highest BCUT2D eigenvalue weighted by Crippen LogP contribution is 2.45. The van der Waals surface area contributed by atoms with Crippen molar-refractivity contribution in [2.75, 3.05) is 30.8 Å². The van der Waals surface area contributed by atoms with Crippen molar-refractivity contribution in [2.24, 2.45) is 5.92 Å². The van der Waals surface area contributed by atoms with E-state index in [0.717, 1.165) is 37.0 Å². The molecule has 62 heavy (non-hydrogen) atoms. The maximum absolute atomic E-state index is 14.0. The molecule has 1 saturated heterocycles. The molecule has 1 saturated carbocycles. The highest BCUT2D eigenvalue weighted by atomic mass is 32.2. The Morgan fingerprint density at radius 3 is 2.45 bits per heavy atom. The van der Waals surface area contributed by atoms with Gasteiger partial charge in [0.15, 0.2) is 5.13 Å². The zero-order valence-corrected chi connectivity index (χ0v) is 36.5. The molecule has 4 aromatic rings. The average Bonchev–Trinajstić information content (AvgIpc) is 3.49.